The summed E-state index contributed by atoms with van der Waals surface area (Å²) in [5.74, 6) is 5.49. The lowest BCUT2D eigenvalue weighted by Gasteiger charge is -1.99. The first kappa shape index (κ1) is 8.38. The molecule has 0 unspecified atom stereocenters. The number of H-pyrrole nitrogens is 1. The summed E-state index contributed by atoms with van der Waals surface area (Å²) in [5.41, 5.74) is 2.82. The number of nitrogens with two attached hydrogens (primary N) is 1. The zero-order chi connectivity index (χ0) is 10.1. The van der Waals surface area contributed by atoms with Gasteiger partial charge in [0.2, 0.25) is 0 Å². The Balaban J connectivity index is 2.78. The van der Waals surface area contributed by atoms with E-state index in [2.05, 4.69) is 20.4 Å². The number of nitrogens with one attached hydrogen (secondary N) is 2. The summed E-state index contributed by atoms with van der Waals surface area (Å²) in [5, 5.41) is 10.6. The van der Waals surface area contributed by atoms with Crippen molar-refractivity contribution in [3.8, 4) is 0 Å². The van der Waals surface area contributed by atoms with Gasteiger partial charge in [0.1, 0.15) is 11.7 Å². The Morgan fingerprint density at radius 2 is 2.36 bits per heavy atom. The van der Waals surface area contributed by atoms with Crippen molar-refractivity contribution in [1.82, 2.24) is 15.0 Å². The summed E-state index contributed by atoms with van der Waals surface area (Å²) in [6.07, 6.45) is 2.46. The Morgan fingerprint density at radius 1 is 1.57 bits per heavy atom. The number of nitro groups is 1. The van der Waals surface area contributed by atoms with Crippen molar-refractivity contribution in [2.75, 3.05) is 5.43 Å². The van der Waals surface area contributed by atoms with Crippen molar-refractivity contribution < 1.29 is 4.92 Å². The molecule has 2 rings (SSSR count). The van der Waals surface area contributed by atoms with Crippen LogP contribution in [0.3, 0.4) is 0 Å². The smallest absolute Gasteiger partial charge is 0.315 e. The highest BCUT2D eigenvalue weighted by atomic mass is 16.6. The van der Waals surface area contributed by atoms with E-state index in [1.54, 1.807) is 0 Å². The number of aromatic amines is 1. The number of hydrogen-bond donors (Lipinski definition) is 3. The fourth-order valence-electron chi connectivity index (χ4n) is 1.16. The van der Waals surface area contributed by atoms with Crippen LogP contribution in [-0.4, -0.2) is 19.9 Å². The number of rotatable bonds is 2. The van der Waals surface area contributed by atoms with E-state index in [0.717, 1.165) is 6.20 Å². The van der Waals surface area contributed by atoms with Gasteiger partial charge in [0.25, 0.3) is 0 Å². The summed E-state index contributed by atoms with van der Waals surface area (Å²) in [6, 6.07) is 0. The average Bonchev–Trinajstić information content (AvgIpc) is 2.64. The molecule has 2 heterocycles. The van der Waals surface area contributed by atoms with Crippen molar-refractivity contribution in [3.05, 3.63) is 22.6 Å². The van der Waals surface area contributed by atoms with Crippen molar-refractivity contribution in [3.63, 3.8) is 0 Å². The van der Waals surface area contributed by atoms with Crippen molar-refractivity contribution in [1.29, 1.82) is 0 Å². The summed E-state index contributed by atoms with van der Waals surface area (Å²) in [6.45, 7) is 0. The molecule has 0 atom stereocenters. The molecular weight excluding hydrogens is 188 g/mol. The molecule has 0 aliphatic heterocycles. The van der Waals surface area contributed by atoms with Gasteiger partial charge < -0.3 is 10.4 Å². The molecule has 2 aromatic rings. The Kier molecular flexibility index (Phi) is 1.75. The molecule has 0 bridgehead atoms. The van der Waals surface area contributed by atoms with Gasteiger partial charge in [-0.1, -0.05) is 0 Å². The van der Waals surface area contributed by atoms with Crippen molar-refractivity contribution in [2.24, 2.45) is 5.84 Å². The maximum Gasteiger partial charge on any atom is 0.315 e. The molecule has 0 amide bonds. The number of aromatic nitrogens is 3. The maximum absolute atomic E-state index is 10.6. The lowest BCUT2D eigenvalue weighted by Crippen LogP contribution is -2.09. The molecule has 0 radical (unpaired) electrons. The number of fused-ring (bicyclic) bond motifs is 1. The SMILES string of the molecule is NNc1ncc([N+](=O)[O-])c2nc[nH]c12. The molecule has 0 spiro atoms. The third-order valence-electron chi connectivity index (χ3n) is 1.77. The molecule has 8 heteroatoms. The van der Waals surface area contributed by atoms with Crippen LogP contribution in [0.4, 0.5) is 11.5 Å². The molecule has 72 valence electrons. The zero-order valence-electron chi connectivity index (χ0n) is 6.89. The monoisotopic (exact) mass is 194 g/mol. The van der Waals surface area contributed by atoms with Crippen LogP contribution in [-0.2, 0) is 0 Å². The van der Waals surface area contributed by atoms with E-state index in [-0.39, 0.29) is 11.2 Å². The predicted molar refractivity (Wildman–Crippen MR) is 48.4 cm³/mol. The van der Waals surface area contributed by atoms with Crippen LogP contribution in [0.2, 0.25) is 0 Å². The molecule has 0 aliphatic rings. The summed E-state index contributed by atoms with van der Waals surface area (Å²) in [4.78, 5) is 20.3. The second-order valence-corrected chi connectivity index (χ2v) is 2.52. The van der Waals surface area contributed by atoms with E-state index in [4.69, 9.17) is 5.84 Å². The van der Waals surface area contributed by atoms with Gasteiger partial charge >= 0.3 is 5.69 Å². The van der Waals surface area contributed by atoms with Crippen LogP contribution in [0, 0.1) is 10.1 Å². The number of hydrazine groups is 1. The molecular formula is C6H6N6O2. The van der Waals surface area contributed by atoms with E-state index in [1.807, 2.05) is 0 Å². The molecule has 0 fully saturated rings. The van der Waals surface area contributed by atoms with Gasteiger partial charge in [0, 0.05) is 0 Å². The molecule has 0 aliphatic carbocycles. The Bertz CT molecular complexity index is 492. The quantitative estimate of drug-likeness (QED) is 0.355. The van der Waals surface area contributed by atoms with Gasteiger partial charge in [-0.3, -0.25) is 10.1 Å². The minimum absolute atomic E-state index is 0.153. The molecule has 0 aromatic carbocycles. The van der Waals surface area contributed by atoms with Crippen LogP contribution in [0.25, 0.3) is 11.0 Å². The maximum atomic E-state index is 10.6. The second-order valence-electron chi connectivity index (χ2n) is 2.52. The van der Waals surface area contributed by atoms with E-state index in [0.29, 0.717) is 11.3 Å². The molecule has 0 saturated carbocycles. The van der Waals surface area contributed by atoms with Crippen LogP contribution >= 0.6 is 0 Å². The first-order valence-corrected chi connectivity index (χ1v) is 3.67. The van der Waals surface area contributed by atoms with Crippen molar-refractivity contribution in [2.45, 2.75) is 0 Å². The molecule has 2 aromatic heterocycles. The van der Waals surface area contributed by atoms with E-state index < -0.39 is 4.92 Å². The number of nitrogens with zero attached hydrogens (tertiary/aromatic N) is 3. The van der Waals surface area contributed by atoms with E-state index in [9.17, 15) is 10.1 Å². The Morgan fingerprint density at radius 3 is 3.00 bits per heavy atom. The highest BCUT2D eigenvalue weighted by Crippen LogP contribution is 2.25. The fourth-order valence-corrected chi connectivity index (χ4v) is 1.16. The molecule has 4 N–H and O–H groups in total. The first-order chi connectivity index (χ1) is 6.74. The van der Waals surface area contributed by atoms with Gasteiger partial charge in [-0.15, -0.1) is 0 Å². The molecule has 8 nitrogen and oxygen atoms in total. The van der Waals surface area contributed by atoms with E-state index >= 15 is 0 Å². The summed E-state index contributed by atoms with van der Waals surface area (Å²) in [7, 11) is 0. The lowest BCUT2D eigenvalue weighted by molar-refractivity contribution is -0.383. The van der Waals surface area contributed by atoms with E-state index in [1.165, 1.54) is 6.33 Å². The van der Waals surface area contributed by atoms with Crippen LogP contribution in [0.1, 0.15) is 0 Å². The van der Waals surface area contributed by atoms with Gasteiger partial charge in [-0.05, 0) is 0 Å². The number of anilines is 1. The number of nitrogen functional groups attached to an aromatic ring is 1. The zero-order valence-corrected chi connectivity index (χ0v) is 6.89. The van der Waals surface area contributed by atoms with Gasteiger partial charge in [0.15, 0.2) is 11.3 Å². The highest BCUT2D eigenvalue weighted by molar-refractivity contribution is 5.91. The standard InChI is InChI=1S/C6H6N6O2/c7-11-6-5-4(9-2-10-5)3(1-8-6)12(13)14/h1-2H,7H2,(H,8,11)(H,9,10). The Hall–Kier alpha value is -2.22. The molecule has 14 heavy (non-hydrogen) atoms. The number of hydrogen-bond acceptors (Lipinski definition) is 6. The van der Waals surface area contributed by atoms with Gasteiger partial charge in [0.05, 0.1) is 11.3 Å². The minimum atomic E-state index is -0.545. The minimum Gasteiger partial charge on any atom is -0.341 e. The highest BCUT2D eigenvalue weighted by Gasteiger charge is 2.17. The largest absolute Gasteiger partial charge is 0.341 e. The third kappa shape index (κ3) is 1.05. The van der Waals surface area contributed by atoms with Gasteiger partial charge in [-0.2, -0.15) is 0 Å². The lowest BCUT2D eigenvalue weighted by atomic mass is 10.3. The van der Waals surface area contributed by atoms with Crippen LogP contribution in [0.5, 0.6) is 0 Å². The second kappa shape index (κ2) is 2.92. The first-order valence-electron chi connectivity index (χ1n) is 3.67. The van der Waals surface area contributed by atoms with Crippen molar-refractivity contribution >= 4 is 22.5 Å². The third-order valence-corrected chi connectivity index (χ3v) is 1.77. The molecule has 0 saturated heterocycles. The summed E-state index contributed by atoms with van der Waals surface area (Å²) >= 11 is 0. The number of pyridine rings is 1. The summed E-state index contributed by atoms with van der Waals surface area (Å²) < 4.78 is 0. The average molecular weight is 194 g/mol. The van der Waals surface area contributed by atoms with Crippen LogP contribution < -0.4 is 11.3 Å². The number of imidazole rings is 1. The van der Waals surface area contributed by atoms with Crippen LogP contribution in [0.15, 0.2) is 12.5 Å². The normalized spacial score (nSPS) is 10.4. The topological polar surface area (TPSA) is 123 Å². The van der Waals surface area contributed by atoms with Gasteiger partial charge in [-0.25, -0.2) is 15.8 Å². The fraction of sp³-hybridized carbons (Fsp3) is 0. The Labute approximate surface area is 77.3 Å². The predicted octanol–water partition coefficient (Wildman–Crippen LogP) is 0.152.